The number of aliphatic imine (C=N–C) groups is 1. The van der Waals surface area contributed by atoms with Gasteiger partial charge in [-0.1, -0.05) is 57.2 Å². The van der Waals surface area contributed by atoms with Gasteiger partial charge < -0.3 is 15.7 Å². The highest BCUT2D eigenvalue weighted by Crippen LogP contribution is 2.23. The fourth-order valence-electron chi connectivity index (χ4n) is 2.92. The van der Waals surface area contributed by atoms with E-state index in [1.165, 1.54) is 12.6 Å². The predicted molar refractivity (Wildman–Crippen MR) is 126 cm³/mol. The molecule has 0 aromatic heterocycles. The van der Waals surface area contributed by atoms with Crippen LogP contribution in [0.2, 0.25) is 0 Å². The molecule has 0 aliphatic rings. The highest BCUT2D eigenvalue weighted by Gasteiger charge is 2.15. The summed E-state index contributed by atoms with van der Waals surface area (Å²) >= 11 is 0. The zero-order valence-electron chi connectivity index (χ0n) is 18.9. The van der Waals surface area contributed by atoms with Gasteiger partial charge in [-0.3, -0.25) is 0 Å². The molecule has 1 unspecified atom stereocenters. The van der Waals surface area contributed by atoms with Crippen LogP contribution in [0.3, 0.4) is 0 Å². The van der Waals surface area contributed by atoms with E-state index in [-0.39, 0.29) is 10.3 Å². The molecule has 0 amide bonds. The maximum atomic E-state index is 11.8. The molecular weight excluding hydrogens is 412 g/mol. The van der Waals surface area contributed by atoms with Crippen molar-refractivity contribution in [2.75, 3.05) is 20.1 Å². The molecule has 0 saturated heterocycles. The van der Waals surface area contributed by atoms with Crippen LogP contribution in [0.15, 0.2) is 58.4 Å². The van der Waals surface area contributed by atoms with Crippen molar-refractivity contribution in [1.29, 1.82) is 0 Å². The van der Waals surface area contributed by atoms with Gasteiger partial charge in [0.25, 0.3) is 0 Å². The Kier molecular flexibility index (Phi) is 8.61. The number of benzene rings is 2. The maximum Gasteiger partial charge on any atom is 0.240 e. The van der Waals surface area contributed by atoms with E-state index in [2.05, 4.69) is 53.3 Å². The summed E-state index contributed by atoms with van der Waals surface area (Å²) in [5.74, 6) is 0.583. The predicted octanol–water partition coefficient (Wildman–Crippen LogP) is 2.68. The van der Waals surface area contributed by atoms with Crippen molar-refractivity contribution in [3.63, 3.8) is 0 Å². The van der Waals surface area contributed by atoms with Gasteiger partial charge in [0.1, 0.15) is 0 Å². The van der Waals surface area contributed by atoms with Crippen molar-refractivity contribution in [3.05, 3.63) is 65.2 Å². The van der Waals surface area contributed by atoms with Crippen LogP contribution < -0.4 is 15.4 Å². The van der Waals surface area contributed by atoms with Crippen molar-refractivity contribution >= 4 is 16.0 Å². The second-order valence-electron chi connectivity index (χ2n) is 8.32. The van der Waals surface area contributed by atoms with Gasteiger partial charge in [-0.2, -0.15) is 0 Å². The number of rotatable bonds is 8. The van der Waals surface area contributed by atoms with Gasteiger partial charge in [0.05, 0.1) is 17.5 Å². The summed E-state index contributed by atoms with van der Waals surface area (Å²) in [6.45, 7) is 9.83. The summed E-state index contributed by atoms with van der Waals surface area (Å²) in [5, 5.41) is 16.9. The van der Waals surface area contributed by atoms with E-state index in [9.17, 15) is 13.5 Å². The van der Waals surface area contributed by atoms with Crippen molar-refractivity contribution in [1.82, 2.24) is 15.4 Å². The molecule has 4 N–H and O–H groups in total. The number of nitrogens with zero attached hydrogens (tertiary/aromatic N) is 1. The SMILES string of the molecule is CCNC(=NCc1ccc(S(=O)(=O)NC)cc1)NCC(O)c1ccc(C(C)(C)C)cc1. The number of aliphatic hydroxyl groups is 1. The maximum absolute atomic E-state index is 11.8. The van der Waals surface area contributed by atoms with E-state index in [1.807, 2.05) is 19.1 Å². The minimum Gasteiger partial charge on any atom is -0.387 e. The first-order valence-corrected chi connectivity index (χ1v) is 11.9. The molecule has 0 aliphatic carbocycles. The molecular formula is C23H34N4O3S. The number of guanidine groups is 1. The molecule has 0 bridgehead atoms. The van der Waals surface area contributed by atoms with E-state index in [4.69, 9.17) is 0 Å². The van der Waals surface area contributed by atoms with E-state index in [0.29, 0.717) is 25.6 Å². The van der Waals surface area contributed by atoms with Gasteiger partial charge in [0.15, 0.2) is 5.96 Å². The average Bonchev–Trinajstić information content (AvgIpc) is 2.75. The molecule has 7 nitrogen and oxygen atoms in total. The van der Waals surface area contributed by atoms with Gasteiger partial charge in [0, 0.05) is 13.1 Å². The molecule has 170 valence electrons. The van der Waals surface area contributed by atoms with Crippen LogP contribution in [-0.4, -0.2) is 39.6 Å². The Morgan fingerprint density at radius 1 is 1.03 bits per heavy atom. The third-order valence-corrected chi connectivity index (χ3v) is 6.32. The molecule has 2 aromatic carbocycles. The highest BCUT2D eigenvalue weighted by molar-refractivity contribution is 7.89. The number of sulfonamides is 1. The molecule has 0 fully saturated rings. The Morgan fingerprint density at radius 3 is 2.16 bits per heavy atom. The van der Waals surface area contributed by atoms with Crippen molar-refractivity contribution in [2.45, 2.75) is 50.7 Å². The lowest BCUT2D eigenvalue weighted by Crippen LogP contribution is -2.39. The first kappa shape index (κ1) is 24.8. The summed E-state index contributed by atoms with van der Waals surface area (Å²) in [4.78, 5) is 4.74. The smallest absolute Gasteiger partial charge is 0.240 e. The lowest BCUT2D eigenvalue weighted by Gasteiger charge is -2.20. The number of hydrogen-bond acceptors (Lipinski definition) is 4. The summed E-state index contributed by atoms with van der Waals surface area (Å²) < 4.78 is 25.9. The van der Waals surface area contributed by atoms with Crippen LogP contribution in [0.25, 0.3) is 0 Å². The molecule has 1 atom stereocenters. The molecule has 8 heteroatoms. The van der Waals surface area contributed by atoms with Crippen molar-refractivity contribution in [2.24, 2.45) is 4.99 Å². The van der Waals surface area contributed by atoms with Crippen LogP contribution in [0.5, 0.6) is 0 Å². The van der Waals surface area contributed by atoms with Gasteiger partial charge in [0.2, 0.25) is 10.0 Å². The summed E-state index contributed by atoms with van der Waals surface area (Å²) in [6.07, 6.45) is -0.663. The molecule has 2 rings (SSSR count). The monoisotopic (exact) mass is 446 g/mol. The van der Waals surface area contributed by atoms with Crippen molar-refractivity contribution in [3.8, 4) is 0 Å². The van der Waals surface area contributed by atoms with E-state index < -0.39 is 16.1 Å². The summed E-state index contributed by atoms with van der Waals surface area (Å²) in [6, 6.07) is 14.6. The fraction of sp³-hybridized carbons (Fsp3) is 0.435. The standard InChI is InChI=1S/C23H34N4O3S/c1-6-25-22(26-15-17-7-13-20(14-8-17)31(29,30)24-5)27-16-21(28)18-9-11-19(12-10-18)23(2,3)4/h7-14,21,24,28H,6,15-16H2,1-5H3,(H2,25,26,27). The second kappa shape index (κ2) is 10.7. The quantitative estimate of drug-likeness (QED) is 0.369. The van der Waals surface area contributed by atoms with Gasteiger partial charge in [-0.25, -0.2) is 18.1 Å². The van der Waals surface area contributed by atoms with Gasteiger partial charge in [-0.15, -0.1) is 0 Å². The highest BCUT2D eigenvalue weighted by atomic mass is 32.2. The van der Waals surface area contributed by atoms with Crippen LogP contribution in [0, 0.1) is 0 Å². The van der Waals surface area contributed by atoms with Gasteiger partial charge >= 0.3 is 0 Å². The number of aliphatic hydroxyl groups excluding tert-OH is 1. The topological polar surface area (TPSA) is 103 Å². The molecule has 2 aromatic rings. The molecule has 0 aliphatic heterocycles. The third-order valence-electron chi connectivity index (χ3n) is 4.89. The molecule has 0 saturated carbocycles. The zero-order valence-corrected chi connectivity index (χ0v) is 19.8. The molecule has 31 heavy (non-hydrogen) atoms. The van der Waals surface area contributed by atoms with Crippen LogP contribution in [0.1, 0.15) is 50.5 Å². The largest absolute Gasteiger partial charge is 0.387 e. The average molecular weight is 447 g/mol. The molecule has 0 radical (unpaired) electrons. The Morgan fingerprint density at radius 2 is 1.65 bits per heavy atom. The Bertz CT molecular complexity index is 963. The summed E-state index contributed by atoms with van der Waals surface area (Å²) in [7, 11) is -2.06. The normalized spacial score (nSPS) is 13.7. The first-order chi connectivity index (χ1) is 14.6. The molecule has 0 spiro atoms. The fourth-order valence-corrected chi connectivity index (χ4v) is 3.65. The van der Waals surface area contributed by atoms with E-state index >= 15 is 0 Å². The Balaban J connectivity index is 1.99. The second-order valence-corrected chi connectivity index (χ2v) is 10.2. The lowest BCUT2D eigenvalue weighted by molar-refractivity contribution is 0.181. The van der Waals surface area contributed by atoms with Crippen LogP contribution in [0.4, 0.5) is 0 Å². The van der Waals surface area contributed by atoms with Gasteiger partial charge in [-0.05, 0) is 48.2 Å². The van der Waals surface area contributed by atoms with Crippen LogP contribution in [-0.2, 0) is 22.0 Å². The first-order valence-electron chi connectivity index (χ1n) is 10.4. The Hall–Kier alpha value is -2.42. The third kappa shape index (κ3) is 7.34. The number of hydrogen-bond donors (Lipinski definition) is 4. The lowest BCUT2D eigenvalue weighted by atomic mass is 9.86. The van der Waals surface area contributed by atoms with E-state index in [1.54, 1.807) is 24.3 Å². The summed E-state index contributed by atoms with van der Waals surface area (Å²) in [5.41, 5.74) is 3.02. The van der Waals surface area contributed by atoms with Crippen LogP contribution >= 0.6 is 0 Å². The number of nitrogens with one attached hydrogen (secondary N) is 3. The minimum atomic E-state index is -3.45. The Labute approximate surface area is 186 Å². The van der Waals surface area contributed by atoms with E-state index in [0.717, 1.165) is 11.1 Å². The molecule has 0 heterocycles. The minimum absolute atomic E-state index is 0.0715. The van der Waals surface area contributed by atoms with Crippen molar-refractivity contribution < 1.29 is 13.5 Å². The zero-order chi connectivity index (χ0) is 23.1.